The molecule has 17 heteroatoms. The number of carbonyl (C=O) groups is 1. The van der Waals surface area contributed by atoms with E-state index in [9.17, 15) is 34.7 Å². The number of aliphatic hydroxyl groups is 2. The molecule has 1 aliphatic rings. The van der Waals surface area contributed by atoms with Crippen LogP contribution in [0, 0.1) is 0 Å². The van der Waals surface area contributed by atoms with E-state index in [4.69, 9.17) is 18.5 Å². The molecule has 46 heavy (non-hydrogen) atoms. The SMILES string of the molecule is C[C@@H](NP(=O)(OC[C@@]1(N=[N+]=[N-])O[C@@H](n2ccc(=O)[nH]c2=O)[C@@H](O)[C@@H]1O)Oc1cccc2ccccc12)C(=O)OCc1ccccc1. The number of rotatable bonds is 12. The van der Waals surface area contributed by atoms with Crippen molar-refractivity contribution in [1.82, 2.24) is 14.6 Å². The molecule has 4 aromatic rings. The lowest BCUT2D eigenvalue weighted by Gasteiger charge is -2.29. The summed E-state index contributed by atoms with van der Waals surface area (Å²) in [6.45, 7) is 0.303. The Bertz CT molecular complexity index is 1930. The van der Waals surface area contributed by atoms with Crippen LogP contribution in [0.25, 0.3) is 21.2 Å². The zero-order chi connectivity index (χ0) is 32.9. The fourth-order valence-electron chi connectivity index (χ4n) is 4.74. The van der Waals surface area contributed by atoms with Gasteiger partial charge in [0.25, 0.3) is 5.56 Å². The van der Waals surface area contributed by atoms with Crippen LogP contribution in [0.4, 0.5) is 0 Å². The van der Waals surface area contributed by atoms with Crippen LogP contribution in [0.1, 0.15) is 18.7 Å². The van der Waals surface area contributed by atoms with E-state index < -0.39 is 61.8 Å². The number of aromatic nitrogens is 2. The van der Waals surface area contributed by atoms with Crippen LogP contribution in [0.2, 0.25) is 0 Å². The first-order chi connectivity index (χ1) is 22.0. The molecule has 1 saturated heterocycles. The largest absolute Gasteiger partial charge is 0.460 e. The maximum Gasteiger partial charge on any atom is 0.459 e. The van der Waals surface area contributed by atoms with Crippen LogP contribution >= 0.6 is 7.75 Å². The standard InChI is InChI=1S/C29H29N6O10P/c1-18(27(39)42-16-19-8-3-2-4-9-19)32-46(41,45-22-13-7-11-20-10-5-6-12-21(20)22)43-17-29(33-34-30)25(38)24(37)26(44-29)35-15-14-23(36)31-28(35)40/h2-15,18,24-26,37-38H,16-17H2,1H3,(H,32,41)(H,31,36,40)/t18-,24+,25+,26-,29-,46?/m1/s1. The summed E-state index contributed by atoms with van der Waals surface area (Å²) in [6.07, 6.45) is -4.55. The number of aromatic amines is 1. The van der Waals surface area contributed by atoms with Crippen LogP contribution < -0.4 is 20.9 Å². The van der Waals surface area contributed by atoms with E-state index in [2.05, 4.69) is 15.1 Å². The number of fused-ring (bicyclic) bond motifs is 1. The highest BCUT2D eigenvalue weighted by Gasteiger charge is 2.56. The minimum Gasteiger partial charge on any atom is -0.460 e. The maximum atomic E-state index is 14.4. The highest BCUT2D eigenvalue weighted by Crippen LogP contribution is 2.49. The monoisotopic (exact) mass is 652 g/mol. The highest BCUT2D eigenvalue weighted by atomic mass is 31.2. The topological polar surface area (TPSA) is 227 Å². The summed E-state index contributed by atoms with van der Waals surface area (Å²) >= 11 is 0. The number of benzene rings is 3. The Kier molecular flexibility index (Phi) is 9.70. The van der Waals surface area contributed by atoms with E-state index in [1.807, 2.05) is 11.1 Å². The number of ether oxygens (including phenoxy) is 2. The lowest BCUT2D eigenvalue weighted by atomic mass is 10.1. The van der Waals surface area contributed by atoms with Gasteiger partial charge in [0.2, 0.25) is 5.72 Å². The number of hydrogen-bond donors (Lipinski definition) is 4. The average Bonchev–Trinajstić information content (AvgIpc) is 3.29. The molecule has 0 spiro atoms. The summed E-state index contributed by atoms with van der Waals surface area (Å²) < 4.78 is 37.7. The predicted molar refractivity (Wildman–Crippen MR) is 162 cm³/mol. The molecule has 5 rings (SSSR count). The Morgan fingerprint density at radius 1 is 1.13 bits per heavy atom. The maximum absolute atomic E-state index is 14.4. The molecular weight excluding hydrogens is 623 g/mol. The molecular formula is C29H29N6O10P. The van der Waals surface area contributed by atoms with Crippen molar-refractivity contribution in [2.24, 2.45) is 5.11 Å². The van der Waals surface area contributed by atoms with Gasteiger partial charge in [0, 0.05) is 22.6 Å². The summed E-state index contributed by atoms with van der Waals surface area (Å²) in [4.78, 5) is 41.5. The van der Waals surface area contributed by atoms with Gasteiger partial charge in [-0.1, -0.05) is 71.8 Å². The lowest BCUT2D eigenvalue weighted by Crippen LogP contribution is -2.45. The summed E-state index contributed by atoms with van der Waals surface area (Å²) in [5, 5.41) is 29.0. The Labute approximate surface area is 260 Å². The fraction of sp³-hybridized carbons (Fsp3) is 0.276. The van der Waals surface area contributed by atoms with Crippen molar-refractivity contribution >= 4 is 24.5 Å². The molecule has 0 saturated carbocycles. The molecule has 1 unspecified atom stereocenters. The summed E-state index contributed by atoms with van der Waals surface area (Å²) in [5.41, 5.74) is 5.88. The molecule has 3 aromatic carbocycles. The first kappa shape index (κ1) is 32.6. The quantitative estimate of drug-likeness (QED) is 0.0572. The Hall–Kier alpha value is -4.79. The molecule has 1 aliphatic heterocycles. The van der Waals surface area contributed by atoms with Gasteiger partial charge in [-0.05, 0) is 29.5 Å². The van der Waals surface area contributed by atoms with Gasteiger partial charge in [-0.15, -0.1) is 0 Å². The predicted octanol–water partition coefficient (Wildman–Crippen LogP) is 2.87. The third-order valence-corrected chi connectivity index (χ3v) is 8.69. The molecule has 16 nitrogen and oxygen atoms in total. The van der Waals surface area contributed by atoms with E-state index in [0.717, 1.165) is 22.2 Å². The molecule has 0 aliphatic carbocycles. The van der Waals surface area contributed by atoms with E-state index in [0.29, 0.717) is 10.9 Å². The molecule has 2 heterocycles. The average molecular weight is 653 g/mol. The van der Waals surface area contributed by atoms with Crippen LogP contribution in [0.3, 0.4) is 0 Å². The van der Waals surface area contributed by atoms with Gasteiger partial charge in [-0.25, -0.2) is 9.36 Å². The van der Waals surface area contributed by atoms with Gasteiger partial charge < -0.3 is 24.2 Å². The van der Waals surface area contributed by atoms with Crippen molar-refractivity contribution in [3.63, 3.8) is 0 Å². The highest BCUT2D eigenvalue weighted by molar-refractivity contribution is 7.52. The number of hydrogen-bond acceptors (Lipinski definition) is 11. The first-order valence-corrected chi connectivity index (χ1v) is 15.4. The van der Waals surface area contributed by atoms with Crippen molar-refractivity contribution in [2.75, 3.05) is 6.61 Å². The van der Waals surface area contributed by atoms with Gasteiger partial charge in [-0.2, -0.15) is 5.09 Å². The van der Waals surface area contributed by atoms with E-state index in [1.54, 1.807) is 60.7 Å². The van der Waals surface area contributed by atoms with E-state index >= 15 is 0 Å². The lowest BCUT2D eigenvalue weighted by molar-refractivity contribution is -0.146. The minimum atomic E-state index is -4.65. The number of nitrogens with one attached hydrogen (secondary N) is 2. The third-order valence-electron chi connectivity index (χ3n) is 7.08. The fourth-order valence-corrected chi connectivity index (χ4v) is 6.28. The zero-order valence-electron chi connectivity index (χ0n) is 24.2. The van der Waals surface area contributed by atoms with Gasteiger partial charge in [0.15, 0.2) is 6.23 Å². The minimum absolute atomic E-state index is 0.0650. The van der Waals surface area contributed by atoms with Crippen LogP contribution in [0.5, 0.6) is 5.75 Å². The Morgan fingerprint density at radius 3 is 2.59 bits per heavy atom. The van der Waals surface area contributed by atoms with Crippen molar-refractivity contribution in [1.29, 1.82) is 0 Å². The first-order valence-electron chi connectivity index (χ1n) is 13.9. The number of esters is 1. The number of azide groups is 1. The van der Waals surface area contributed by atoms with Gasteiger partial charge in [0.1, 0.15) is 30.6 Å². The molecule has 240 valence electrons. The second-order valence-electron chi connectivity index (χ2n) is 10.3. The second-order valence-corrected chi connectivity index (χ2v) is 12.0. The van der Waals surface area contributed by atoms with Crippen molar-refractivity contribution < 1.29 is 38.1 Å². The molecule has 1 fully saturated rings. The number of nitrogens with zero attached hydrogens (tertiary/aromatic N) is 4. The van der Waals surface area contributed by atoms with Gasteiger partial charge in [-0.3, -0.25) is 23.7 Å². The summed E-state index contributed by atoms with van der Waals surface area (Å²) in [7, 11) is -4.65. The zero-order valence-corrected chi connectivity index (χ0v) is 25.1. The van der Waals surface area contributed by atoms with Gasteiger partial charge >= 0.3 is 19.4 Å². The molecule has 1 aromatic heterocycles. The Balaban J connectivity index is 1.43. The van der Waals surface area contributed by atoms with Crippen LogP contribution in [-0.4, -0.2) is 56.3 Å². The molecule has 4 N–H and O–H groups in total. The number of aliphatic hydroxyl groups excluding tert-OH is 2. The van der Waals surface area contributed by atoms with Crippen molar-refractivity contribution in [2.45, 2.75) is 43.7 Å². The molecule has 0 radical (unpaired) electrons. The second kappa shape index (κ2) is 13.7. The normalized spacial score (nSPS) is 22.8. The summed E-state index contributed by atoms with van der Waals surface area (Å²) in [5.74, 6) is -0.703. The van der Waals surface area contributed by atoms with Crippen molar-refractivity contribution in [3.8, 4) is 5.75 Å². The van der Waals surface area contributed by atoms with Crippen LogP contribution in [0.15, 0.2) is 99.8 Å². The van der Waals surface area contributed by atoms with E-state index in [-0.39, 0.29) is 12.4 Å². The number of H-pyrrole nitrogens is 1. The molecule has 0 amide bonds. The Morgan fingerprint density at radius 2 is 1.85 bits per heavy atom. The van der Waals surface area contributed by atoms with Crippen molar-refractivity contribution in [3.05, 3.63) is 122 Å². The molecule has 0 bridgehead atoms. The summed E-state index contributed by atoms with van der Waals surface area (Å²) in [6, 6.07) is 20.6. The molecule has 6 atom stereocenters. The smallest absolute Gasteiger partial charge is 0.459 e. The number of carbonyl (C=O) groups excluding carboxylic acids is 1. The van der Waals surface area contributed by atoms with E-state index in [1.165, 1.54) is 13.0 Å². The van der Waals surface area contributed by atoms with Crippen LogP contribution in [-0.2, 0) is 30.0 Å². The van der Waals surface area contributed by atoms with Gasteiger partial charge in [0.05, 0.1) is 6.61 Å². The third kappa shape index (κ3) is 7.03.